The number of nitrogens with one attached hydrogen (secondary N) is 1. The van der Waals surface area contributed by atoms with Crippen molar-refractivity contribution in [2.24, 2.45) is 0 Å². The van der Waals surface area contributed by atoms with Crippen LogP contribution in [-0.2, 0) is 6.54 Å². The predicted octanol–water partition coefficient (Wildman–Crippen LogP) is 2.15. The number of fused-ring (bicyclic) bond motifs is 1. The molecule has 3 heterocycles. The zero-order valence-electron chi connectivity index (χ0n) is 13.6. The van der Waals surface area contributed by atoms with E-state index in [-0.39, 0.29) is 5.91 Å². The number of amides is 1. The summed E-state index contributed by atoms with van der Waals surface area (Å²) >= 11 is 0. The van der Waals surface area contributed by atoms with Crippen LogP contribution in [0.3, 0.4) is 0 Å². The summed E-state index contributed by atoms with van der Waals surface area (Å²) in [6.07, 6.45) is 6.96. The van der Waals surface area contributed by atoms with Crippen molar-refractivity contribution in [3.63, 3.8) is 0 Å². The summed E-state index contributed by atoms with van der Waals surface area (Å²) in [6, 6.07) is 11.3. The van der Waals surface area contributed by atoms with Crippen LogP contribution in [0.2, 0.25) is 0 Å². The topological polar surface area (TPSA) is 77.1 Å². The van der Waals surface area contributed by atoms with Gasteiger partial charge in [0, 0.05) is 17.4 Å². The Labute approximate surface area is 144 Å². The lowest BCUT2D eigenvalue weighted by Gasteiger charge is -2.07. The van der Waals surface area contributed by atoms with Crippen molar-refractivity contribution >= 4 is 11.6 Å². The molecule has 0 spiro atoms. The molecule has 25 heavy (non-hydrogen) atoms. The van der Waals surface area contributed by atoms with Crippen molar-refractivity contribution in [2.45, 2.75) is 13.5 Å². The van der Waals surface area contributed by atoms with Gasteiger partial charge in [-0.15, -0.1) is 10.2 Å². The second kappa shape index (κ2) is 6.20. The third-order valence-corrected chi connectivity index (χ3v) is 4.08. The lowest BCUT2D eigenvalue weighted by molar-refractivity contribution is 0.0950. The molecule has 0 aliphatic rings. The van der Waals surface area contributed by atoms with Crippen molar-refractivity contribution in [1.82, 2.24) is 29.5 Å². The van der Waals surface area contributed by atoms with Crippen LogP contribution < -0.4 is 5.32 Å². The van der Waals surface area contributed by atoms with Crippen molar-refractivity contribution in [3.05, 3.63) is 78.3 Å². The van der Waals surface area contributed by atoms with Crippen LogP contribution in [-0.4, -0.2) is 30.1 Å². The van der Waals surface area contributed by atoms with Crippen LogP contribution in [0.1, 0.15) is 21.6 Å². The van der Waals surface area contributed by atoms with Gasteiger partial charge >= 0.3 is 0 Å². The molecule has 0 saturated heterocycles. The van der Waals surface area contributed by atoms with Gasteiger partial charge in [-0.25, -0.2) is 4.98 Å². The molecule has 3 aromatic heterocycles. The maximum absolute atomic E-state index is 12.4. The Hall–Kier alpha value is -3.48. The van der Waals surface area contributed by atoms with Crippen LogP contribution in [0, 0.1) is 6.92 Å². The van der Waals surface area contributed by atoms with Gasteiger partial charge in [0.25, 0.3) is 5.91 Å². The molecule has 0 atom stereocenters. The summed E-state index contributed by atoms with van der Waals surface area (Å²) in [4.78, 5) is 16.8. The molecule has 4 aromatic rings. The van der Waals surface area contributed by atoms with E-state index >= 15 is 0 Å². The maximum atomic E-state index is 12.4. The quantitative estimate of drug-likeness (QED) is 0.621. The van der Waals surface area contributed by atoms with Crippen molar-refractivity contribution in [3.8, 4) is 5.69 Å². The molecule has 0 saturated carbocycles. The highest BCUT2D eigenvalue weighted by molar-refractivity contribution is 5.94. The summed E-state index contributed by atoms with van der Waals surface area (Å²) in [7, 11) is 0. The fourth-order valence-electron chi connectivity index (χ4n) is 2.72. The van der Waals surface area contributed by atoms with Gasteiger partial charge in [0.2, 0.25) is 0 Å². The molecule has 124 valence electrons. The molecule has 0 fully saturated rings. The molecular weight excluding hydrogens is 316 g/mol. The minimum Gasteiger partial charge on any atom is -0.346 e. The predicted molar refractivity (Wildman–Crippen MR) is 92.5 cm³/mol. The van der Waals surface area contributed by atoms with Gasteiger partial charge in [0.1, 0.15) is 18.3 Å². The molecular formula is C18H16N6O. The zero-order valence-corrected chi connectivity index (χ0v) is 13.6. The van der Waals surface area contributed by atoms with Crippen molar-refractivity contribution < 1.29 is 4.79 Å². The Morgan fingerprint density at radius 2 is 1.88 bits per heavy atom. The molecule has 1 N–H and O–H groups in total. The fourth-order valence-corrected chi connectivity index (χ4v) is 2.72. The number of imidazole rings is 1. The first kappa shape index (κ1) is 15.1. The average molecular weight is 332 g/mol. The van der Waals surface area contributed by atoms with Crippen LogP contribution in [0.4, 0.5) is 0 Å². The lowest BCUT2D eigenvalue weighted by Crippen LogP contribution is -2.23. The van der Waals surface area contributed by atoms with E-state index in [1.54, 1.807) is 35.6 Å². The van der Waals surface area contributed by atoms with Crippen LogP contribution >= 0.6 is 0 Å². The largest absolute Gasteiger partial charge is 0.346 e. The monoisotopic (exact) mass is 332 g/mol. The van der Waals surface area contributed by atoms with E-state index in [1.165, 1.54) is 0 Å². The molecule has 0 aliphatic heterocycles. The highest BCUT2D eigenvalue weighted by atomic mass is 16.1. The zero-order chi connectivity index (χ0) is 17.2. The van der Waals surface area contributed by atoms with Gasteiger partial charge in [-0.05, 0) is 42.8 Å². The Bertz CT molecular complexity index is 1020. The first-order valence-electron chi connectivity index (χ1n) is 7.87. The number of benzene rings is 1. The first-order valence-corrected chi connectivity index (χ1v) is 7.87. The number of carbonyl (C=O) groups is 1. The number of nitrogens with zero attached hydrogens (tertiary/aromatic N) is 5. The molecule has 0 aliphatic carbocycles. The van der Waals surface area contributed by atoms with Gasteiger partial charge in [0.05, 0.1) is 18.4 Å². The minimum absolute atomic E-state index is 0.127. The first-order chi connectivity index (χ1) is 12.2. The van der Waals surface area contributed by atoms with E-state index in [2.05, 4.69) is 20.5 Å². The van der Waals surface area contributed by atoms with Gasteiger partial charge < -0.3 is 9.72 Å². The molecule has 0 bridgehead atoms. The molecule has 4 rings (SSSR count). The highest BCUT2D eigenvalue weighted by Crippen LogP contribution is 2.12. The number of carbonyl (C=O) groups excluding carboxylic acids is 1. The van der Waals surface area contributed by atoms with Crippen LogP contribution in [0.5, 0.6) is 0 Å². The third kappa shape index (κ3) is 2.87. The Morgan fingerprint density at radius 1 is 1.12 bits per heavy atom. The van der Waals surface area contributed by atoms with Crippen LogP contribution in [0.15, 0.2) is 61.4 Å². The number of aromatic nitrogens is 5. The second-order valence-electron chi connectivity index (χ2n) is 5.73. The number of rotatable bonds is 4. The molecule has 7 nitrogen and oxygen atoms in total. The average Bonchev–Trinajstić information content (AvgIpc) is 3.30. The normalized spacial score (nSPS) is 10.9. The minimum atomic E-state index is -0.127. The molecule has 0 unspecified atom stereocenters. The van der Waals surface area contributed by atoms with E-state index in [1.807, 2.05) is 41.8 Å². The highest BCUT2D eigenvalue weighted by Gasteiger charge is 2.09. The van der Waals surface area contributed by atoms with Crippen molar-refractivity contribution in [1.29, 1.82) is 0 Å². The molecule has 0 radical (unpaired) electrons. The summed E-state index contributed by atoms with van der Waals surface area (Å²) in [5.74, 6) is -0.127. The number of aryl methyl sites for hydroxylation is 1. The summed E-state index contributed by atoms with van der Waals surface area (Å²) in [5, 5.41) is 10.5. The lowest BCUT2D eigenvalue weighted by atomic mass is 10.2. The molecule has 7 heteroatoms. The molecule has 1 aromatic carbocycles. The fraction of sp³-hybridized carbons (Fsp3) is 0.111. The van der Waals surface area contributed by atoms with E-state index in [9.17, 15) is 4.79 Å². The smallest absolute Gasteiger partial charge is 0.251 e. The third-order valence-electron chi connectivity index (χ3n) is 4.08. The van der Waals surface area contributed by atoms with E-state index in [0.717, 1.165) is 22.6 Å². The van der Waals surface area contributed by atoms with E-state index in [0.29, 0.717) is 12.1 Å². The van der Waals surface area contributed by atoms with E-state index < -0.39 is 0 Å². The Kier molecular flexibility index (Phi) is 3.74. The number of hydrogen-bond acceptors (Lipinski definition) is 4. The van der Waals surface area contributed by atoms with Crippen LogP contribution in [0.25, 0.3) is 11.3 Å². The van der Waals surface area contributed by atoms with Gasteiger partial charge in [-0.2, -0.15) is 0 Å². The number of pyridine rings is 1. The van der Waals surface area contributed by atoms with Gasteiger partial charge in [-0.1, -0.05) is 6.07 Å². The van der Waals surface area contributed by atoms with Crippen molar-refractivity contribution in [2.75, 3.05) is 0 Å². The number of hydrogen-bond donors (Lipinski definition) is 1. The maximum Gasteiger partial charge on any atom is 0.251 e. The molecule has 1 amide bonds. The summed E-state index contributed by atoms with van der Waals surface area (Å²) < 4.78 is 3.77. The Balaban J connectivity index is 1.47. The van der Waals surface area contributed by atoms with E-state index in [4.69, 9.17) is 0 Å². The standard InChI is InChI=1S/C18H16N6O/c1-13-3-2-8-24-16(9-19-17(13)24)10-20-18(25)14-4-6-15(7-5-14)23-11-21-22-12-23/h2-9,11-12H,10H2,1H3,(H,20,25). The Morgan fingerprint density at radius 3 is 2.64 bits per heavy atom. The second-order valence-corrected chi connectivity index (χ2v) is 5.73. The van der Waals surface area contributed by atoms with Gasteiger partial charge in [0.15, 0.2) is 0 Å². The summed E-state index contributed by atoms with van der Waals surface area (Å²) in [5.41, 5.74) is 4.45. The summed E-state index contributed by atoms with van der Waals surface area (Å²) in [6.45, 7) is 2.43. The van der Waals surface area contributed by atoms with Gasteiger partial charge in [-0.3, -0.25) is 9.36 Å². The SMILES string of the molecule is Cc1cccn2c(CNC(=O)c3ccc(-n4cnnc4)cc3)cnc12.